The number of carboxylic acid groups (broad SMARTS) is 1. The number of carboxylic acids is 1. The number of likely N-dealkylation sites (tertiary alicyclic amines) is 1. The molecule has 0 saturated carbocycles. The van der Waals surface area contributed by atoms with E-state index in [1.54, 1.807) is 12.1 Å². The van der Waals surface area contributed by atoms with Gasteiger partial charge >= 0.3 is 12.1 Å². The third-order valence-electron chi connectivity index (χ3n) is 4.07. The second-order valence-corrected chi connectivity index (χ2v) is 5.66. The molecule has 1 fully saturated rings. The van der Waals surface area contributed by atoms with Crippen LogP contribution in [0.5, 0.6) is 0 Å². The molecule has 23 heavy (non-hydrogen) atoms. The van der Waals surface area contributed by atoms with Crippen molar-refractivity contribution in [3.8, 4) is 0 Å². The molecular weight excluding hydrogens is 331 g/mol. The van der Waals surface area contributed by atoms with Crippen LogP contribution in [0, 0.1) is 0 Å². The number of nitrogens with zero attached hydrogens (tertiary/aromatic N) is 1. The molecule has 0 radical (unpaired) electrons. The molecule has 3 nitrogen and oxygen atoms in total. The van der Waals surface area contributed by atoms with Gasteiger partial charge in [0.15, 0.2) is 0 Å². The van der Waals surface area contributed by atoms with E-state index in [0.29, 0.717) is 13.0 Å². The van der Waals surface area contributed by atoms with Crippen molar-refractivity contribution in [1.29, 1.82) is 0 Å². The number of aliphatic carboxylic acids is 1. The average molecular weight is 352 g/mol. The van der Waals surface area contributed by atoms with Gasteiger partial charge in [0.25, 0.3) is 0 Å². The van der Waals surface area contributed by atoms with Gasteiger partial charge in [-0.25, -0.2) is 0 Å². The van der Waals surface area contributed by atoms with Crippen LogP contribution in [0.3, 0.4) is 0 Å². The number of rotatable bonds is 5. The van der Waals surface area contributed by atoms with Crippen molar-refractivity contribution in [3.63, 3.8) is 0 Å². The molecule has 1 unspecified atom stereocenters. The SMILES string of the molecule is Cl.O=C(O)CCCN1CCCCC1c1ccc(C(F)(F)F)cc1. The molecule has 130 valence electrons. The molecule has 0 spiro atoms. The standard InChI is InChI=1S/C16H20F3NO2.ClH/c17-16(18,19)13-8-6-12(7-9-13)14-4-1-2-10-20(14)11-3-5-15(21)22;/h6-9,14H,1-5,10-11H2,(H,21,22);1H. The number of piperidine rings is 1. The molecule has 0 bridgehead atoms. The Morgan fingerprint density at radius 1 is 1.22 bits per heavy atom. The first-order valence-electron chi connectivity index (χ1n) is 7.51. The molecule has 1 N–H and O–H groups in total. The zero-order chi connectivity index (χ0) is 16.2. The van der Waals surface area contributed by atoms with E-state index in [2.05, 4.69) is 4.90 Å². The van der Waals surface area contributed by atoms with Crippen LogP contribution in [-0.4, -0.2) is 29.1 Å². The van der Waals surface area contributed by atoms with Crippen molar-refractivity contribution in [3.05, 3.63) is 35.4 Å². The van der Waals surface area contributed by atoms with Crippen LogP contribution in [0.4, 0.5) is 13.2 Å². The van der Waals surface area contributed by atoms with E-state index in [0.717, 1.165) is 43.5 Å². The quantitative estimate of drug-likeness (QED) is 0.848. The molecule has 1 aliphatic rings. The fourth-order valence-corrected chi connectivity index (χ4v) is 2.96. The van der Waals surface area contributed by atoms with E-state index in [1.165, 1.54) is 0 Å². The van der Waals surface area contributed by atoms with Crippen LogP contribution in [0.15, 0.2) is 24.3 Å². The van der Waals surface area contributed by atoms with Gasteiger partial charge in [-0.15, -0.1) is 12.4 Å². The summed E-state index contributed by atoms with van der Waals surface area (Å²) in [5.74, 6) is -0.817. The molecule has 2 rings (SSSR count). The van der Waals surface area contributed by atoms with E-state index in [4.69, 9.17) is 5.11 Å². The molecule has 1 saturated heterocycles. The van der Waals surface area contributed by atoms with Crippen molar-refractivity contribution >= 4 is 18.4 Å². The molecule has 7 heteroatoms. The van der Waals surface area contributed by atoms with Crippen molar-refractivity contribution in [2.24, 2.45) is 0 Å². The predicted octanol–water partition coefficient (Wildman–Crippen LogP) is 4.52. The topological polar surface area (TPSA) is 40.5 Å². The lowest BCUT2D eigenvalue weighted by Gasteiger charge is -2.36. The minimum atomic E-state index is -4.31. The van der Waals surface area contributed by atoms with Gasteiger partial charge in [0, 0.05) is 12.5 Å². The van der Waals surface area contributed by atoms with Crippen LogP contribution < -0.4 is 0 Å². The second-order valence-electron chi connectivity index (χ2n) is 5.66. The van der Waals surface area contributed by atoms with Crippen molar-refractivity contribution in [1.82, 2.24) is 4.90 Å². The number of halogens is 4. The van der Waals surface area contributed by atoms with Gasteiger partial charge in [-0.05, 0) is 50.0 Å². The summed E-state index contributed by atoms with van der Waals surface area (Å²) in [6.45, 7) is 1.53. The zero-order valence-corrected chi connectivity index (χ0v) is 13.5. The molecule has 0 aromatic heterocycles. The first-order chi connectivity index (χ1) is 10.4. The van der Waals surface area contributed by atoms with Gasteiger partial charge in [-0.3, -0.25) is 9.69 Å². The Labute approximate surface area is 139 Å². The Hall–Kier alpha value is -1.27. The number of alkyl halides is 3. The van der Waals surface area contributed by atoms with Gasteiger partial charge in [-0.2, -0.15) is 13.2 Å². The van der Waals surface area contributed by atoms with E-state index >= 15 is 0 Å². The summed E-state index contributed by atoms with van der Waals surface area (Å²) in [5.41, 5.74) is 0.243. The monoisotopic (exact) mass is 351 g/mol. The highest BCUT2D eigenvalue weighted by Crippen LogP contribution is 2.34. The molecule has 1 aliphatic heterocycles. The van der Waals surface area contributed by atoms with Gasteiger partial charge in [0.05, 0.1) is 5.56 Å². The highest BCUT2D eigenvalue weighted by atomic mass is 35.5. The van der Waals surface area contributed by atoms with Crippen LogP contribution in [0.2, 0.25) is 0 Å². The Morgan fingerprint density at radius 2 is 1.87 bits per heavy atom. The van der Waals surface area contributed by atoms with Gasteiger partial charge in [0.2, 0.25) is 0 Å². The minimum Gasteiger partial charge on any atom is -0.481 e. The molecule has 1 aromatic rings. The normalized spacial score (nSPS) is 19.2. The first-order valence-corrected chi connectivity index (χ1v) is 7.51. The minimum absolute atomic E-state index is 0. The van der Waals surface area contributed by atoms with Gasteiger partial charge in [0.1, 0.15) is 0 Å². The van der Waals surface area contributed by atoms with Gasteiger partial charge in [-0.1, -0.05) is 18.6 Å². The summed E-state index contributed by atoms with van der Waals surface area (Å²) in [6.07, 6.45) is -0.640. The number of carbonyl (C=O) groups is 1. The summed E-state index contributed by atoms with van der Waals surface area (Å²) in [4.78, 5) is 12.8. The van der Waals surface area contributed by atoms with Crippen molar-refractivity contribution in [2.75, 3.05) is 13.1 Å². The maximum Gasteiger partial charge on any atom is 0.416 e. The number of hydrogen-bond donors (Lipinski definition) is 1. The number of benzene rings is 1. The maximum absolute atomic E-state index is 12.6. The molecular formula is C16H21ClF3NO2. The predicted molar refractivity (Wildman–Crippen MR) is 83.7 cm³/mol. The fourth-order valence-electron chi connectivity index (χ4n) is 2.96. The summed E-state index contributed by atoms with van der Waals surface area (Å²) < 4.78 is 37.8. The van der Waals surface area contributed by atoms with Crippen LogP contribution in [0.1, 0.15) is 49.3 Å². The highest BCUT2D eigenvalue weighted by molar-refractivity contribution is 5.85. The van der Waals surface area contributed by atoms with E-state index in [9.17, 15) is 18.0 Å². The lowest BCUT2D eigenvalue weighted by molar-refractivity contribution is -0.138. The molecule has 1 aromatic carbocycles. The Balaban J connectivity index is 0.00000264. The van der Waals surface area contributed by atoms with E-state index < -0.39 is 17.7 Å². The molecule has 0 amide bonds. The maximum atomic E-state index is 12.6. The van der Waals surface area contributed by atoms with E-state index in [-0.39, 0.29) is 24.9 Å². The summed E-state index contributed by atoms with van der Waals surface area (Å²) >= 11 is 0. The Kier molecular flexibility index (Phi) is 7.35. The van der Waals surface area contributed by atoms with Crippen molar-refractivity contribution < 1.29 is 23.1 Å². The molecule has 1 heterocycles. The van der Waals surface area contributed by atoms with Gasteiger partial charge < -0.3 is 5.11 Å². The van der Waals surface area contributed by atoms with Crippen LogP contribution >= 0.6 is 12.4 Å². The molecule has 0 aliphatic carbocycles. The second kappa shape index (κ2) is 8.55. The third kappa shape index (κ3) is 5.70. The third-order valence-corrected chi connectivity index (χ3v) is 4.07. The Bertz CT molecular complexity index is 505. The van der Waals surface area contributed by atoms with Crippen LogP contribution in [-0.2, 0) is 11.0 Å². The lowest BCUT2D eigenvalue weighted by atomic mass is 9.94. The highest BCUT2D eigenvalue weighted by Gasteiger charge is 2.31. The van der Waals surface area contributed by atoms with Crippen molar-refractivity contribution in [2.45, 2.75) is 44.3 Å². The molecule has 1 atom stereocenters. The van der Waals surface area contributed by atoms with Crippen LogP contribution in [0.25, 0.3) is 0 Å². The smallest absolute Gasteiger partial charge is 0.416 e. The lowest BCUT2D eigenvalue weighted by Crippen LogP contribution is -2.34. The number of hydrogen-bond acceptors (Lipinski definition) is 2. The first kappa shape index (κ1) is 19.8. The fraction of sp³-hybridized carbons (Fsp3) is 0.562. The average Bonchev–Trinajstić information content (AvgIpc) is 2.47. The summed E-state index contributed by atoms with van der Waals surface area (Å²) in [7, 11) is 0. The largest absolute Gasteiger partial charge is 0.481 e. The van der Waals surface area contributed by atoms with E-state index in [1.807, 2.05) is 0 Å². The zero-order valence-electron chi connectivity index (χ0n) is 12.7. The Morgan fingerprint density at radius 3 is 2.43 bits per heavy atom. The summed E-state index contributed by atoms with van der Waals surface area (Å²) in [5, 5.41) is 8.71. The summed E-state index contributed by atoms with van der Waals surface area (Å²) in [6, 6.07) is 5.43.